The standard InChI is InChI=1S/C29H30ClN3O8/c30-8-1-9-32-28(40)33-16-4-2-13(3-5-16)17-6-7-19(34)22-18(17)11-14-10-15-12-20(35)23(27(31)39)26(38)29(15,41)25(37)21(14)24(22)36/h2-7,14-15,20,23,34-35,37,41H,1,8-12H2,(H2,31,39)(H2,32,33,40)/t14-,15+,20?,23?,29+/m1/s1. The summed E-state index contributed by atoms with van der Waals surface area (Å²) in [6.07, 6.45) is -0.694. The summed E-state index contributed by atoms with van der Waals surface area (Å²) in [5.74, 6) is -7.06. The Morgan fingerprint density at radius 2 is 1.78 bits per heavy atom. The topological polar surface area (TPSA) is 199 Å². The molecule has 5 rings (SSSR count). The van der Waals surface area contributed by atoms with Crippen LogP contribution >= 0.6 is 11.6 Å². The molecule has 1 saturated carbocycles. The van der Waals surface area contributed by atoms with Crippen molar-refractivity contribution in [2.75, 3.05) is 17.7 Å². The molecule has 0 saturated heterocycles. The predicted molar refractivity (Wildman–Crippen MR) is 148 cm³/mol. The van der Waals surface area contributed by atoms with Crippen molar-refractivity contribution in [3.8, 4) is 16.9 Å². The molecule has 0 spiro atoms. The van der Waals surface area contributed by atoms with Gasteiger partial charge in [-0.2, -0.15) is 0 Å². The number of urea groups is 1. The molecule has 216 valence electrons. The predicted octanol–water partition coefficient (Wildman–Crippen LogP) is 2.16. The SMILES string of the molecule is NC(=O)C1C(=O)[C@@]2(O)C(O)=C3C(=O)c4c(O)ccc(-c5ccc(NC(=O)NCCCCl)cc5)c4C[C@H]3C[C@H]2CC1O. The number of halogens is 1. The number of ketones is 2. The maximum Gasteiger partial charge on any atom is 0.319 e. The Kier molecular flexibility index (Phi) is 7.54. The number of rotatable bonds is 6. The smallest absolute Gasteiger partial charge is 0.319 e. The summed E-state index contributed by atoms with van der Waals surface area (Å²) >= 11 is 5.63. The minimum atomic E-state index is -2.55. The molecule has 5 atom stereocenters. The second-order valence-corrected chi connectivity index (χ2v) is 11.1. The molecule has 8 N–H and O–H groups in total. The molecule has 0 radical (unpaired) electrons. The lowest BCUT2D eigenvalue weighted by atomic mass is 9.57. The van der Waals surface area contributed by atoms with Gasteiger partial charge < -0.3 is 36.8 Å². The number of phenols is 1. The Morgan fingerprint density at radius 1 is 1.07 bits per heavy atom. The number of hydrogen-bond acceptors (Lipinski definition) is 8. The van der Waals surface area contributed by atoms with Crippen molar-refractivity contribution in [1.82, 2.24) is 5.32 Å². The summed E-state index contributed by atoms with van der Waals surface area (Å²) in [6.45, 7) is 0.436. The number of carbonyl (C=O) groups excluding carboxylic acids is 4. The largest absolute Gasteiger partial charge is 0.508 e. The van der Waals surface area contributed by atoms with Gasteiger partial charge in [-0.25, -0.2) is 4.79 Å². The molecule has 0 aromatic heterocycles. The average molecular weight is 584 g/mol. The number of aliphatic hydroxyl groups is 3. The van der Waals surface area contributed by atoms with Crippen molar-refractivity contribution in [3.63, 3.8) is 0 Å². The Balaban J connectivity index is 1.49. The van der Waals surface area contributed by atoms with Crippen molar-refractivity contribution >= 4 is 40.8 Å². The van der Waals surface area contributed by atoms with Crippen LogP contribution < -0.4 is 16.4 Å². The Hall–Kier alpha value is -3.93. The van der Waals surface area contributed by atoms with E-state index in [9.17, 15) is 39.6 Å². The molecule has 3 aliphatic carbocycles. The lowest BCUT2D eigenvalue weighted by Crippen LogP contribution is -2.63. The van der Waals surface area contributed by atoms with Gasteiger partial charge in [-0.3, -0.25) is 14.4 Å². The number of benzene rings is 2. The summed E-state index contributed by atoms with van der Waals surface area (Å²) in [7, 11) is 0. The van der Waals surface area contributed by atoms with Gasteiger partial charge in [-0.1, -0.05) is 18.2 Å². The van der Waals surface area contributed by atoms with E-state index in [-0.39, 0.29) is 42.2 Å². The molecule has 41 heavy (non-hydrogen) atoms. The van der Waals surface area contributed by atoms with E-state index in [0.29, 0.717) is 41.2 Å². The van der Waals surface area contributed by atoms with Gasteiger partial charge in [0.15, 0.2) is 17.2 Å². The zero-order chi connectivity index (χ0) is 29.6. The van der Waals surface area contributed by atoms with E-state index in [1.54, 1.807) is 30.3 Å². The lowest BCUT2D eigenvalue weighted by Gasteiger charge is -2.48. The van der Waals surface area contributed by atoms with Crippen LogP contribution in [0.25, 0.3) is 11.1 Å². The van der Waals surface area contributed by atoms with Crippen LogP contribution in [-0.2, 0) is 16.0 Å². The number of hydrogen-bond donors (Lipinski definition) is 7. The monoisotopic (exact) mass is 583 g/mol. The fourth-order valence-electron chi connectivity index (χ4n) is 6.37. The highest BCUT2D eigenvalue weighted by atomic mass is 35.5. The van der Waals surface area contributed by atoms with E-state index in [1.165, 1.54) is 6.07 Å². The van der Waals surface area contributed by atoms with Gasteiger partial charge in [0.25, 0.3) is 0 Å². The fourth-order valence-corrected chi connectivity index (χ4v) is 6.51. The number of Topliss-reactive ketones (excluding diaryl/α,β-unsaturated/α-hetero) is 2. The first-order valence-electron chi connectivity index (χ1n) is 13.3. The number of carbonyl (C=O) groups is 4. The number of nitrogens with two attached hydrogens (primary N) is 1. The molecular weight excluding hydrogens is 554 g/mol. The first-order chi connectivity index (χ1) is 19.5. The number of primary amides is 1. The molecule has 11 nitrogen and oxygen atoms in total. The fraction of sp³-hybridized carbons (Fsp3) is 0.379. The summed E-state index contributed by atoms with van der Waals surface area (Å²) in [6, 6.07) is 9.56. The third-order valence-corrected chi connectivity index (χ3v) is 8.59. The molecule has 3 aliphatic rings. The molecule has 3 amide bonds. The van der Waals surface area contributed by atoms with Crippen molar-refractivity contribution in [2.45, 2.75) is 37.4 Å². The number of fused-ring (bicyclic) bond motifs is 3. The number of anilines is 1. The van der Waals surface area contributed by atoms with Crippen LogP contribution in [0.5, 0.6) is 5.75 Å². The Bertz CT molecular complexity index is 1470. The van der Waals surface area contributed by atoms with Crippen LogP contribution in [0.15, 0.2) is 47.7 Å². The minimum absolute atomic E-state index is 0.0574. The van der Waals surface area contributed by atoms with Crippen molar-refractivity contribution in [1.29, 1.82) is 0 Å². The van der Waals surface area contributed by atoms with E-state index in [2.05, 4.69) is 10.6 Å². The zero-order valence-electron chi connectivity index (χ0n) is 21.9. The van der Waals surface area contributed by atoms with Crippen molar-refractivity contribution in [3.05, 3.63) is 58.9 Å². The van der Waals surface area contributed by atoms with Crippen LogP contribution in [0, 0.1) is 17.8 Å². The van der Waals surface area contributed by atoms with Crippen LogP contribution in [0.3, 0.4) is 0 Å². The molecule has 1 fully saturated rings. The first-order valence-corrected chi connectivity index (χ1v) is 13.8. The van der Waals surface area contributed by atoms with Gasteiger partial charge in [-0.05, 0) is 66.5 Å². The van der Waals surface area contributed by atoms with Gasteiger partial charge in [0.1, 0.15) is 17.4 Å². The average Bonchev–Trinajstić information content (AvgIpc) is 2.91. The van der Waals surface area contributed by atoms with E-state index in [0.717, 1.165) is 0 Å². The summed E-state index contributed by atoms with van der Waals surface area (Å²) in [4.78, 5) is 50.8. The number of phenolic OH excluding ortho intramolecular Hbond substituents is 1. The molecule has 2 unspecified atom stereocenters. The Labute approximate surface area is 240 Å². The second kappa shape index (κ2) is 10.8. The number of allylic oxidation sites excluding steroid dienone is 1. The highest BCUT2D eigenvalue weighted by Crippen LogP contribution is 2.52. The third-order valence-electron chi connectivity index (χ3n) is 8.32. The van der Waals surface area contributed by atoms with Crippen molar-refractivity contribution in [2.24, 2.45) is 23.5 Å². The molecule has 12 heteroatoms. The number of amides is 3. The maximum atomic E-state index is 13.7. The maximum absolute atomic E-state index is 13.7. The van der Waals surface area contributed by atoms with Gasteiger partial charge in [0, 0.05) is 29.6 Å². The van der Waals surface area contributed by atoms with Gasteiger partial charge in [0.05, 0.1) is 11.7 Å². The minimum Gasteiger partial charge on any atom is -0.508 e. The van der Waals surface area contributed by atoms with E-state index >= 15 is 0 Å². The van der Waals surface area contributed by atoms with E-state index < -0.39 is 52.7 Å². The van der Waals surface area contributed by atoms with Crippen LogP contribution in [0.4, 0.5) is 10.5 Å². The normalized spacial score (nSPS) is 27.0. The lowest BCUT2D eigenvalue weighted by molar-refractivity contribution is -0.167. The van der Waals surface area contributed by atoms with Crippen LogP contribution in [-0.4, -0.2) is 68.1 Å². The number of alkyl halides is 1. The second-order valence-electron chi connectivity index (χ2n) is 10.7. The quantitative estimate of drug-likeness (QED) is 0.152. The van der Waals surface area contributed by atoms with Gasteiger partial charge >= 0.3 is 6.03 Å². The van der Waals surface area contributed by atoms with Crippen LogP contribution in [0.1, 0.15) is 35.2 Å². The molecule has 0 aliphatic heterocycles. The Morgan fingerprint density at radius 3 is 2.44 bits per heavy atom. The summed E-state index contributed by atoms with van der Waals surface area (Å²) < 4.78 is 0. The van der Waals surface area contributed by atoms with E-state index in [4.69, 9.17) is 17.3 Å². The number of aliphatic hydroxyl groups excluding tert-OH is 2. The molecule has 2 aromatic carbocycles. The molecule has 0 heterocycles. The highest BCUT2D eigenvalue weighted by molar-refractivity contribution is 6.18. The number of aromatic hydroxyl groups is 1. The third kappa shape index (κ3) is 4.73. The summed E-state index contributed by atoms with van der Waals surface area (Å²) in [5, 5.41) is 49.1. The highest BCUT2D eigenvalue weighted by Gasteiger charge is 2.62. The number of nitrogens with one attached hydrogen (secondary N) is 2. The van der Waals surface area contributed by atoms with Crippen LogP contribution in [0.2, 0.25) is 0 Å². The zero-order valence-corrected chi connectivity index (χ0v) is 22.6. The van der Waals surface area contributed by atoms with Gasteiger partial charge in [-0.15, -0.1) is 11.6 Å². The van der Waals surface area contributed by atoms with Gasteiger partial charge in [0.2, 0.25) is 5.91 Å². The van der Waals surface area contributed by atoms with E-state index in [1.807, 2.05) is 0 Å². The summed E-state index contributed by atoms with van der Waals surface area (Å²) in [5.41, 5.74) is 4.91. The van der Waals surface area contributed by atoms with Crippen molar-refractivity contribution < 1.29 is 39.6 Å². The molecule has 0 bridgehead atoms. The molecule has 2 aromatic rings. The first kappa shape index (κ1) is 28.6. The molecular formula is C29H30ClN3O8.